The van der Waals surface area contributed by atoms with Crippen LogP contribution in [-0.2, 0) is 16.8 Å². The van der Waals surface area contributed by atoms with Crippen molar-refractivity contribution >= 4 is 12.1 Å². The molecule has 2 spiro atoms. The minimum atomic E-state index is -0.598. The van der Waals surface area contributed by atoms with Gasteiger partial charge in [0.05, 0.1) is 12.3 Å². The van der Waals surface area contributed by atoms with Crippen molar-refractivity contribution in [3.05, 3.63) is 34.9 Å². The fourth-order valence-electron chi connectivity index (χ4n) is 5.34. The number of nitrogens with two attached hydrogens (primary N) is 1. The molecule has 0 amide bonds. The van der Waals surface area contributed by atoms with Gasteiger partial charge in [0.1, 0.15) is 5.84 Å². The standard InChI is InChI=1S/C24H31N3O/c1-16-13-23(11-9-20(16)28-5)14-18-7-6-17(8-10-22(2,3)4)12-19(18)24(23)26-15-21(25)27-24/h6-7,12,15-16,20H,9,11,13-14H2,1-5H3,(H2,25,27)/t16?,20-,23-,24?/m1/s1. The van der Waals surface area contributed by atoms with E-state index in [9.17, 15) is 0 Å². The Morgan fingerprint density at radius 2 is 2.07 bits per heavy atom. The summed E-state index contributed by atoms with van der Waals surface area (Å²) in [5.41, 5.74) is 9.02. The summed E-state index contributed by atoms with van der Waals surface area (Å²) in [7, 11) is 1.82. The van der Waals surface area contributed by atoms with Gasteiger partial charge in [-0.05, 0) is 70.1 Å². The number of fused-ring (bicyclic) bond motifs is 3. The lowest BCUT2D eigenvalue weighted by Gasteiger charge is -2.47. The third-order valence-corrected chi connectivity index (χ3v) is 6.57. The lowest BCUT2D eigenvalue weighted by atomic mass is 9.62. The summed E-state index contributed by atoms with van der Waals surface area (Å²) in [5, 5.41) is 0. The van der Waals surface area contributed by atoms with Gasteiger partial charge in [-0.1, -0.05) is 24.8 Å². The second-order valence-corrected chi connectivity index (χ2v) is 9.79. The number of aliphatic imine (C=N–C) groups is 2. The van der Waals surface area contributed by atoms with Crippen molar-refractivity contribution in [1.82, 2.24) is 0 Å². The number of rotatable bonds is 1. The van der Waals surface area contributed by atoms with E-state index >= 15 is 0 Å². The molecule has 4 nitrogen and oxygen atoms in total. The van der Waals surface area contributed by atoms with Crippen LogP contribution >= 0.6 is 0 Å². The van der Waals surface area contributed by atoms with Gasteiger partial charge in [-0.3, -0.25) is 4.99 Å². The molecule has 2 N–H and O–H groups in total. The maximum atomic E-state index is 6.13. The van der Waals surface area contributed by atoms with Crippen LogP contribution in [0.5, 0.6) is 0 Å². The number of amidine groups is 1. The van der Waals surface area contributed by atoms with Crippen LogP contribution in [0, 0.1) is 28.6 Å². The van der Waals surface area contributed by atoms with Gasteiger partial charge in [0.15, 0.2) is 5.66 Å². The van der Waals surface area contributed by atoms with Gasteiger partial charge in [0.25, 0.3) is 0 Å². The van der Waals surface area contributed by atoms with Crippen molar-refractivity contribution < 1.29 is 4.74 Å². The molecule has 0 aromatic heterocycles. The average molecular weight is 378 g/mol. The summed E-state index contributed by atoms with van der Waals surface area (Å²) in [4.78, 5) is 9.91. The van der Waals surface area contributed by atoms with E-state index in [1.165, 1.54) is 11.1 Å². The number of nitrogens with zero attached hydrogens (tertiary/aromatic N) is 2. The number of benzene rings is 1. The molecule has 1 aliphatic heterocycles. The quantitative estimate of drug-likeness (QED) is 0.751. The molecule has 0 saturated heterocycles. The molecule has 28 heavy (non-hydrogen) atoms. The zero-order valence-electron chi connectivity index (χ0n) is 17.7. The SMILES string of the molecule is CO[C@@H]1CC[C@]2(Cc3ccc(C#CC(C)(C)C)cc3C23N=CC(N)=N3)CC1C. The fraction of sp³-hybridized carbons (Fsp3) is 0.583. The third-order valence-electron chi connectivity index (χ3n) is 6.57. The first-order valence-corrected chi connectivity index (χ1v) is 10.3. The largest absolute Gasteiger partial charge is 0.383 e. The maximum Gasteiger partial charge on any atom is 0.184 e. The van der Waals surface area contributed by atoms with Crippen molar-refractivity contribution in [1.29, 1.82) is 0 Å². The second-order valence-electron chi connectivity index (χ2n) is 9.79. The van der Waals surface area contributed by atoms with E-state index in [2.05, 4.69) is 57.7 Å². The summed E-state index contributed by atoms with van der Waals surface area (Å²) < 4.78 is 5.72. The van der Waals surface area contributed by atoms with E-state index in [0.717, 1.165) is 31.2 Å². The maximum absolute atomic E-state index is 6.13. The molecule has 4 atom stereocenters. The summed E-state index contributed by atoms with van der Waals surface area (Å²) in [6.45, 7) is 8.68. The van der Waals surface area contributed by atoms with Gasteiger partial charge in [-0.2, -0.15) is 0 Å². The molecule has 1 aromatic rings. The highest BCUT2D eigenvalue weighted by atomic mass is 16.5. The Kier molecular flexibility index (Phi) is 4.43. The van der Waals surface area contributed by atoms with Crippen molar-refractivity contribution in [2.45, 2.75) is 65.1 Å². The van der Waals surface area contributed by atoms with Gasteiger partial charge < -0.3 is 10.5 Å². The highest BCUT2D eigenvalue weighted by Crippen LogP contribution is 2.62. The second kappa shape index (κ2) is 6.46. The average Bonchev–Trinajstić information content (AvgIpc) is 3.13. The molecule has 1 saturated carbocycles. The molecule has 1 aromatic carbocycles. The summed E-state index contributed by atoms with van der Waals surface area (Å²) in [5.74, 6) is 7.69. The van der Waals surface area contributed by atoms with Crippen molar-refractivity contribution in [2.75, 3.05) is 7.11 Å². The summed E-state index contributed by atoms with van der Waals surface area (Å²) in [6, 6.07) is 6.57. The Bertz CT molecular complexity index is 914. The Morgan fingerprint density at radius 1 is 1.29 bits per heavy atom. The van der Waals surface area contributed by atoms with Gasteiger partial charge in [-0.25, -0.2) is 4.99 Å². The van der Waals surface area contributed by atoms with E-state index in [1.54, 1.807) is 6.21 Å². The predicted octanol–water partition coefficient (Wildman–Crippen LogP) is 4.06. The lowest BCUT2D eigenvalue weighted by Crippen LogP contribution is -2.46. The Hall–Kier alpha value is -2.12. The highest BCUT2D eigenvalue weighted by molar-refractivity contribution is 6.30. The highest BCUT2D eigenvalue weighted by Gasteiger charge is 2.61. The fourth-order valence-corrected chi connectivity index (χ4v) is 5.34. The van der Waals surface area contributed by atoms with Crippen LogP contribution in [0.4, 0.5) is 0 Å². The molecule has 148 valence electrons. The zero-order chi connectivity index (χ0) is 20.2. The predicted molar refractivity (Wildman–Crippen MR) is 115 cm³/mol. The van der Waals surface area contributed by atoms with E-state index in [1.807, 2.05) is 7.11 Å². The van der Waals surface area contributed by atoms with Crippen LogP contribution in [0.1, 0.15) is 63.6 Å². The van der Waals surface area contributed by atoms with Gasteiger partial charge in [0.2, 0.25) is 0 Å². The molecule has 4 rings (SSSR count). The normalized spacial score (nSPS) is 33.7. The van der Waals surface area contributed by atoms with Gasteiger partial charge in [-0.15, -0.1) is 0 Å². The van der Waals surface area contributed by atoms with Crippen molar-refractivity contribution in [3.8, 4) is 11.8 Å². The topological polar surface area (TPSA) is 60.0 Å². The van der Waals surface area contributed by atoms with E-state index in [4.69, 9.17) is 20.5 Å². The molecule has 2 unspecified atom stereocenters. The zero-order valence-corrected chi connectivity index (χ0v) is 17.7. The van der Waals surface area contributed by atoms with E-state index < -0.39 is 5.66 Å². The molecule has 3 aliphatic rings. The number of ether oxygens (including phenoxy) is 1. The first kappa shape index (κ1) is 19.2. The van der Waals surface area contributed by atoms with Crippen LogP contribution in [0.15, 0.2) is 28.2 Å². The molecule has 2 aliphatic carbocycles. The number of hydrogen-bond donors (Lipinski definition) is 1. The monoisotopic (exact) mass is 377 g/mol. The third kappa shape index (κ3) is 2.97. The van der Waals surface area contributed by atoms with Crippen LogP contribution in [-0.4, -0.2) is 25.3 Å². The van der Waals surface area contributed by atoms with Gasteiger partial charge in [0, 0.05) is 29.1 Å². The van der Waals surface area contributed by atoms with Crippen LogP contribution in [0.25, 0.3) is 0 Å². The van der Waals surface area contributed by atoms with Crippen LogP contribution in [0.3, 0.4) is 0 Å². The molecule has 4 heteroatoms. The first-order chi connectivity index (χ1) is 13.2. The van der Waals surface area contributed by atoms with Crippen molar-refractivity contribution in [3.63, 3.8) is 0 Å². The van der Waals surface area contributed by atoms with E-state index in [-0.39, 0.29) is 10.8 Å². The van der Waals surface area contributed by atoms with Gasteiger partial charge >= 0.3 is 0 Å². The minimum absolute atomic E-state index is 0.0278. The Balaban J connectivity index is 1.80. The van der Waals surface area contributed by atoms with Crippen molar-refractivity contribution in [2.24, 2.45) is 32.5 Å². The van der Waals surface area contributed by atoms with Crippen LogP contribution in [0.2, 0.25) is 0 Å². The van der Waals surface area contributed by atoms with E-state index in [0.29, 0.717) is 17.9 Å². The van der Waals surface area contributed by atoms with Crippen LogP contribution < -0.4 is 5.73 Å². The summed E-state index contributed by atoms with van der Waals surface area (Å²) >= 11 is 0. The molecule has 0 radical (unpaired) electrons. The lowest BCUT2D eigenvalue weighted by molar-refractivity contribution is -0.0377. The smallest absolute Gasteiger partial charge is 0.184 e. The Morgan fingerprint density at radius 3 is 2.68 bits per heavy atom. The first-order valence-electron chi connectivity index (χ1n) is 10.3. The number of hydrogen-bond acceptors (Lipinski definition) is 4. The number of methoxy groups -OCH3 is 1. The summed E-state index contributed by atoms with van der Waals surface area (Å²) in [6.07, 6.45) is 6.17. The molecule has 1 fully saturated rings. The molecule has 1 heterocycles. The molecule has 0 bridgehead atoms. The minimum Gasteiger partial charge on any atom is -0.383 e. The molecular formula is C24H31N3O. The molecular weight excluding hydrogens is 346 g/mol. The Labute approximate surface area is 168 Å².